The van der Waals surface area contributed by atoms with Gasteiger partial charge in [0, 0.05) is 17.4 Å². The van der Waals surface area contributed by atoms with E-state index < -0.39 is 5.97 Å². The number of carbonyl (C=O) groups excluding carboxylic acids is 1. The van der Waals surface area contributed by atoms with Gasteiger partial charge in [-0.25, -0.2) is 9.18 Å². The van der Waals surface area contributed by atoms with Gasteiger partial charge in [0.05, 0.1) is 17.6 Å². The van der Waals surface area contributed by atoms with Crippen molar-refractivity contribution in [2.45, 2.75) is 13.3 Å². The highest BCUT2D eigenvalue weighted by atomic mass is 35.5. The fourth-order valence-corrected chi connectivity index (χ4v) is 3.10. The van der Waals surface area contributed by atoms with Crippen LogP contribution in [-0.4, -0.2) is 24.7 Å². The van der Waals surface area contributed by atoms with E-state index in [0.29, 0.717) is 39.2 Å². The van der Waals surface area contributed by atoms with Crippen LogP contribution in [0.4, 0.5) is 4.39 Å². The molecule has 7 heteroatoms. The van der Waals surface area contributed by atoms with E-state index in [1.54, 1.807) is 31.2 Å². The van der Waals surface area contributed by atoms with Gasteiger partial charge in [-0.3, -0.25) is 4.79 Å². The standard InChI is InChI=1S/C20H17ClFNO4/c1-11-14(9-12-3-5-13(22)6-4-12)20(25)23-19-15(21)7-8-16(18(11)19)27-10-17(24)26-2/h3-8H,9-10H2,1-2H3,(H,23,25). The molecule has 0 saturated heterocycles. The minimum absolute atomic E-state index is 0.265. The van der Waals surface area contributed by atoms with Crippen molar-refractivity contribution in [2.75, 3.05) is 13.7 Å². The van der Waals surface area contributed by atoms with Crippen LogP contribution in [0.25, 0.3) is 10.9 Å². The molecule has 2 aromatic carbocycles. The van der Waals surface area contributed by atoms with E-state index in [-0.39, 0.29) is 18.0 Å². The van der Waals surface area contributed by atoms with Crippen molar-refractivity contribution in [3.63, 3.8) is 0 Å². The normalized spacial score (nSPS) is 10.8. The zero-order valence-corrected chi connectivity index (χ0v) is 15.5. The second-order valence-corrected chi connectivity index (χ2v) is 6.43. The summed E-state index contributed by atoms with van der Waals surface area (Å²) in [5.74, 6) is -0.450. The van der Waals surface area contributed by atoms with E-state index in [9.17, 15) is 14.0 Å². The van der Waals surface area contributed by atoms with E-state index in [0.717, 1.165) is 5.56 Å². The number of aromatic amines is 1. The predicted molar refractivity (Wildman–Crippen MR) is 101 cm³/mol. The topological polar surface area (TPSA) is 68.4 Å². The van der Waals surface area contributed by atoms with E-state index in [1.165, 1.54) is 19.2 Å². The molecular formula is C20H17ClFNO4. The van der Waals surface area contributed by atoms with Crippen molar-refractivity contribution in [2.24, 2.45) is 0 Å². The smallest absolute Gasteiger partial charge is 0.343 e. The third-order valence-electron chi connectivity index (χ3n) is 4.32. The summed E-state index contributed by atoms with van der Waals surface area (Å²) in [6.07, 6.45) is 0.320. The molecular weight excluding hydrogens is 373 g/mol. The number of H-pyrrole nitrogens is 1. The number of methoxy groups -OCH3 is 1. The highest BCUT2D eigenvalue weighted by Gasteiger charge is 2.16. The summed E-state index contributed by atoms with van der Waals surface area (Å²) in [6, 6.07) is 9.19. The SMILES string of the molecule is COC(=O)COc1ccc(Cl)c2[nH]c(=O)c(Cc3ccc(F)cc3)c(C)c12. The van der Waals surface area contributed by atoms with Crippen LogP contribution in [0, 0.1) is 12.7 Å². The lowest BCUT2D eigenvalue weighted by Gasteiger charge is -2.14. The van der Waals surface area contributed by atoms with Gasteiger partial charge in [0.25, 0.3) is 5.56 Å². The molecule has 0 bridgehead atoms. The lowest BCUT2D eigenvalue weighted by molar-refractivity contribution is -0.142. The number of fused-ring (bicyclic) bond motifs is 1. The van der Waals surface area contributed by atoms with Gasteiger partial charge in [-0.1, -0.05) is 23.7 Å². The first-order chi connectivity index (χ1) is 12.9. The fourth-order valence-electron chi connectivity index (χ4n) is 2.90. The van der Waals surface area contributed by atoms with Crippen LogP contribution in [0.15, 0.2) is 41.2 Å². The lowest BCUT2D eigenvalue weighted by atomic mass is 9.98. The number of aromatic nitrogens is 1. The molecule has 1 aromatic heterocycles. The maximum Gasteiger partial charge on any atom is 0.343 e. The van der Waals surface area contributed by atoms with Gasteiger partial charge in [-0.15, -0.1) is 0 Å². The van der Waals surface area contributed by atoms with Crippen molar-refractivity contribution in [1.82, 2.24) is 4.98 Å². The summed E-state index contributed by atoms with van der Waals surface area (Å²) < 4.78 is 23.3. The highest BCUT2D eigenvalue weighted by Crippen LogP contribution is 2.33. The molecule has 0 amide bonds. The van der Waals surface area contributed by atoms with Gasteiger partial charge < -0.3 is 14.5 Å². The van der Waals surface area contributed by atoms with Crippen LogP contribution >= 0.6 is 11.6 Å². The van der Waals surface area contributed by atoms with Crippen molar-refractivity contribution >= 4 is 28.5 Å². The Kier molecular flexibility index (Phi) is 5.46. The molecule has 1 N–H and O–H groups in total. The Bertz CT molecular complexity index is 1060. The largest absolute Gasteiger partial charge is 0.481 e. The van der Waals surface area contributed by atoms with Gasteiger partial charge >= 0.3 is 5.97 Å². The van der Waals surface area contributed by atoms with Crippen LogP contribution in [-0.2, 0) is 16.0 Å². The van der Waals surface area contributed by atoms with Crippen LogP contribution in [0.5, 0.6) is 5.75 Å². The number of ether oxygens (including phenoxy) is 2. The number of hydrogen-bond donors (Lipinski definition) is 1. The quantitative estimate of drug-likeness (QED) is 0.674. The Hall–Kier alpha value is -2.86. The maximum atomic E-state index is 13.1. The van der Waals surface area contributed by atoms with E-state index >= 15 is 0 Å². The molecule has 0 aliphatic heterocycles. The monoisotopic (exact) mass is 389 g/mol. The number of pyridine rings is 1. The summed E-state index contributed by atoms with van der Waals surface area (Å²) in [5.41, 5.74) is 2.14. The summed E-state index contributed by atoms with van der Waals surface area (Å²) >= 11 is 6.23. The number of aryl methyl sites for hydroxylation is 1. The number of hydrogen-bond acceptors (Lipinski definition) is 4. The molecule has 1 heterocycles. The molecule has 0 spiro atoms. The number of esters is 1. The first-order valence-corrected chi connectivity index (χ1v) is 8.56. The molecule has 0 fully saturated rings. The molecule has 0 saturated carbocycles. The number of benzene rings is 2. The Labute approximate surface area is 159 Å². The zero-order valence-electron chi connectivity index (χ0n) is 14.8. The van der Waals surface area contributed by atoms with E-state index in [4.69, 9.17) is 16.3 Å². The molecule has 0 radical (unpaired) electrons. The Morgan fingerprint density at radius 3 is 2.56 bits per heavy atom. The van der Waals surface area contributed by atoms with Crippen LogP contribution < -0.4 is 10.3 Å². The van der Waals surface area contributed by atoms with Crippen LogP contribution in [0.2, 0.25) is 5.02 Å². The summed E-state index contributed by atoms with van der Waals surface area (Å²) in [4.78, 5) is 26.8. The van der Waals surface area contributed by atoms with Gasteiger partial charge in [-0.05, 0) is 42.3 Å². The highest BCUT2D eigenvalue weighted by molar-refractivity contribution is 6.35. The third kappa shape index (κ3) is 3.95. The van der Waals surface area contributed by atoms with Gasteiger partial charge in [-0.2, -0.15) is 0 Å². The molecule has 3 aromatic rings. The molecule has 27 heavy (non-hydrogen) atoms. The molecule has 5 nitrogen and oxygen atoms in total. The molecule has 0 atom stereocenters. The number of halogens is 2. The lowest BCUT2D eigenvalue weighted by Crippen LogP contribution is -2.17. The van der Waals surface area contributed by atoms with Crippen LogP contribution in [0.1, 0.15) is 16.7 Å². The maximum absolute atomic E-state index is 13.1. The third-order valence-corrected chi connectivity index (χ3v) is 4.64. The average Bonchev–Trinajstić information content (AvgIpc) is 2.66. The molecule has 140 valence electrons. The second-order valence-electron chi connectivity index (χ2n) is 6.02. The molecule has 0 unspecified atom stereocenters. The average molecular weight is 390 g/mol. The fraction of sp³-hybridized carbons (Fsp3) is 0.200. The van der Waals surface area contributed by atoms with Crippen molar-refractivity contribution in [3.8, 4) is 5.75 Å². The van der Waals surface area contributed by atoms with Gasteiger partial charge in [0.15, 0.2) is 6.61 Å². The molecule has 0 aliphatic carbocycles. The molecule has 0 aliphatic rings. The van der Waals surface area contributed by atoms with Gasteiger partial charge in [0.1, 0.15) is 11.6 Å². The minimum atomic E-state index is -0.522. The van der Waals surface area contributed by atoms with E-state index in [1.807, 2.05) is 0 Å². The minimum Gasteiger partial charge on any atom is -0.481 e. The van der Waals surface area contributed by atoms with Gasteiger partial charge in [0.2, 0.25) is 0 Å². The number of nitrogens with one attached hydrogen (secondary N) is 1. The summed E-state index contributed by atoms with van der Waals surface area (Å²) in [6.45, 7) is 1.52. The van der Waals surface area contributed by atoms with Crippen molar-refractivity contribution < 1.29 is 18.7 Å². The van der Waals surface area contributed by atoms with E-state index in [2.05, 4.69) is 9.72 Å². The second kappa shape index (κ2) is 7.80. The predicted octanol–water partition coefficient (Wildman–Crippen LogP) is 3.77. The van der Waals surface area contributed by atoms with Crippen molar-refractivity contribution in [1.29, 1.82) is 0 Å². The summed E-state index contributed by atoms with van der Waals surface area (Å²) in [7, 11) is 1.27. The Morgan fingerprint density at radius 2 is 1.89 bits per heavy atom. The van der Waals surface area contributed by atoms with Crippen molar-refractivity contribution in [3.05, 3.63) is 74.3 Å². The Morgan fingerprint density at radius 1 is 1.19 bits per heavy atom. The number of rotatable bonds is 5. The summed E-state index contributed by atoms with van der Waals surface area (Å²) in [5, 5.41) is 0.979. The molecule has 3 rings (SSSR count). The Balaban J connectivity index is 2.11. The first kappa shape index (κ1) is 18.9. The first-order valence-electron chi connectivity index (χ1n) is 8.18. The number of carbonyl (C=O) groups is 1. The zero-order chi connectivity index (χ0) is 19.6. The van der Waals surface area contributed by atoms with Crippen LogP contribution in [0.3, 0.4) is 0 Å².